The van der Waals surface area contributed by atoms with E-state index in [9.17, 15) is 4.79 Å². The number of rotatable bonds is 9. The van der Waals surface area contributed by atoms with Gasteiger partial charge in [0.05, 0.1) is 12.2 Å². The van der Waals surface area contributed by atoms with Crippen molar-refractivity contribution in [2.75, 3.05) is 58.8 Å². The van der Waals surface area contributed by atoms with Gasteiger partial charge in [0.25, 0.3) is 0 Å². The van der Waals surface area contributed by atoms with Crippen LogP contribution in [0.1, 0.15) is 41.4 Å². The van der Waals surface area contributed by atoms with Crippen LogP contribution in [-0.4, -0.2) is 69.6 Å². The number of amides is 1. The number of fused-ring (bicyclic) bond motifs is 2. The van der Waals surface area contributed by atoms with E-state index in [0.717, 1.165) is 63.3 Å². The molecule has 7 heteroatoms. The number of likely N-dealkylation sites (tertiary alicyclic amines) is 1. The lowest BCUT2D eigenvalue weighted by atomic mass is 9.74. The predicted molar refractivity (Wildman–Crippen MR) is 156 cm³/mol. The van der Waals surface area contributed by atoms with Gasteiger partial charge < -0.3 is 15.0 Å². The van der Waals surface area contributed by atoms with Gasteiger partial charge in [0.1, 0.15) is 11.9 Å². The third kappa shape index (κ3) is 5.52. The molecule has 1 aromatic heterocycles. The summed E-state index contributed by atoms with van der Waals surface area (Å²) in [5.74, 6) is 0.841. The summed E-state index contributed by atoms with van der Waals surface area (Å²) in [6.07, 6.45) is 4.01. The highest BCUT2D eigenvalue weighted by atomic mass is 32.1. The van der Waals surface area contributed by atoms with Crippen LogP contribution in [0.25, 0.3) is 0 Å². The monoisotopic (exact) mass is 532 g/mol. The van der Waals surface area contributed by atoms with Gasteiger partial charge in [-0.25, -0.2) is 0 Å². The molecule has 0 saturated carbocycles. The summed E-state index contributed by atoms with van der Waals surface area (Å²) < 4.78 is 6.53. The predicted octanol–water partition coefficient (Wildman–Crippen LogP) is 4.92. The van der Waals surface area contributed by atoms with Crippen molar-refractivity contribution in [1.82, 2.24) is 15.1 Å². The standard InChI is InChI=1S/C31H40N4O2S/c1-32-18-14-28(29-13-8-22-38-29)37-27-12-7-6-11-26(27)34(3)30(36)23-35-20-16-31(17-21-35)25-10-5-4-9-24(25)15-19-33(31)2/h4-13,22,28,32H,14-21,23H2,1-3H3. The molecule has 6 nitrogen and oxygen atoms in total. The molecule has 0 aliphatic carbocycles. The van der Waals surface area contributed by atoms with Gasteiger partial charge >= 0.3 is 0 Å². The zero-order chi connectivity index (χ0) is 26.5. The maximum absolute atomic E-state index is 13.5. The molecule has 1 atom stereocenters. The van der Waals surface area contributed by atoms with Crippen molar-refractivity contribution in [3.05, 3.63) is 82.0 Å². The van der Waals surface area contributed by atoms with E-state index in [2.05, 4.69) is 63.9 Å². The van der Waals surface area contributed by atoms with Crippen LogP contribution in [0.4, 0.5) is 5.69 Å². The molecule has 202 valence electrons. The van der Waals surface area contributed by atoms with Gasteiger partial charge in [0.15, 0.2) is 0 Å². The number of thiophene rings is 1. The Labute approximate surface area is 231 Å². The van der Waals surface area contributed by atoms with E-state index in [0.29, 0.717) is 6.54 Å². The highest BCUT2D eigenvalue weighted by Gasteiger charge is 2.43. The number of ether oxygens (including phenoxy) is 1. The molecule has 3 heterocycles. The molecule has 2 aliphatic heterocycles. The average Bonchev–Trinajstić information content (AvgIpc) is 3.49. The number of nitrogens with one attached hydrogen (secondary N) is 1. The third-order valence-electron chi connectivity index (χ3n) is 8.40. The minimum atomic E-state index is -0.0549. The minimum Gasteiger partial charge on any atom is -0.483 e. The van der Waals surface area contributed by atoms with Crippen molar-refractivity contribution in [3.63, 3.8) is 0 Å². The van der Waals surface area contributed by atoms with Crippen LogP contribution in [0.5, 0.6) is 5.75 Å². The Morgan fingerprint density at radius 2 is 1.84 bits per heavy atom. The number of carbonyl (C=O) groups excluding carboxylic acids is 1. The van der Waals surface area contributed by atoms with Crippen molar-refractivity contribution in [2.45, 2.75) is 37.3 Å². The van der Waals surface area contributed by atoms with Gasteiger partial charge in [-0.05, 0) is 74.6 Å². The molecule has 2 aliphatic rings. The molecule has 0 bridgehead atoms. The molecule has 0 radical (unpaired) electrons. The van der Waals surface area contributed by atoms with E-state index in [1.807, 2.05) is 38.4 Å². The highest BCUT2D eigenvalue weighted by molar-refractivity contribution is 7.10. The first-order chi connectivity index (χ1) is 18.5. The molecule has 38 heavy (non-hydrogen) atoms. The van der Waals surface area contributed by atoms with E-state index in [-0.39, 0.29) is 17.6 Å². The molecule has 1 saturated heterocycles. The van der Waals surface area contributed by atoms with Crippen LogP contribution in [-0.2, 0) is 16.8 Å². The van der Waals surface area contributed by atoms with Crippen LogP contribution in [0, 0.1) is 0 Å². The fraction of sp³-hybridized carbons (Fsp3) is 0.452. The first-order valence-corrected chi connectivity index (χ1v) is 14.6. The summed E-state index contributed by atoms with van der Waals surface area (Å²) in [5.41, 5.74) is 3.88. The zero-order valence-electron chi connectivity index (χ0n) is 22.9. The summed E-state index contributed by atoms with van der Waals surface area (Å²) in [4.78, 5) is 21.3. The van der Waals surface area contributed by atoms with E-state index in [4.69, 9.17) is 4.74 Å². The van der Waals surface area contributed by atoms with Crippen LogP contribution in [0.2, 0.25) is 0 Å². The van der Waals surface area contributed by atoms with Crippen LogP contribution in [0.15, 0.2) is 66.0 Å². The molecule has 1 spiro atoms. The topological polar surface area (TPSA) is 48.1 Å². The molecular weight excluding hydrogens is 492 g/mol. The van der Waals surface area contributed by atoms with E-state index < -0.39 is 0 Å². The SMILES string of the molecule is CNCCC(Oc1ccccc1N(C)C(=O)CN1CCC2(CC1)c1ccccc1CCN2C)c1cccs1. The molecular formula is C31H40N4O2S. The highest BCUT2D eigenvalue weighted by Crippen LogP contribution is 2.42. The van der Waals surface area contributed by atoms with Crippen molar-refractivity contribution < 1.29 is 9.53 Å². The van der Waals surface area contributed by atoms with E-state index in [1.165, 1.54) is 16.0 Å². The summed E-state index contributed by atoms with van der Waals surface area (Å²) in [7, 11) is 6.09. The normalized spacial score (nSPS) is 18.2. The van der Waals surface area contributed by atoms with Crippen molar-refractivity contribution in [1.29, 1.82) is 0 Å². The number of anilines is 1. The number of carbonyl (C=O) groups is 1. The average molecular weight is 533 g/mol. The number of nitrogens with zero attached hydrogens (tertiary/aromatic N) is 3. The number of hydrogen-bond donors (Lipinski definition) is 1. The Morgan fingerprint density at radius 1 is 1.08 bits per heavy atom. The molecule has 1 unspecified atom stereocenters. The lowest BCUT2D eigenvalue weighted by molar-refractivity contribution is -0.120. The number of piperidine rings is 1. The minimum absolute atomic E-state index is 0.0549. The van der Waals surface area contributed by atoms with Gasteiger partial charge in [-0.1, -0.05) is 42.5 Å². The van der Waals surface area contributed by atoms with E-state index in [1.54, 1.807) is 16.2 Å². The fourth-order valence-electron chi connectivity index (χ4n) is 6.06. The van der Waals surface area contributed by atoms with Crippen molar-refractivity contribution in [3.8, 4) is 5.75 Å². The number of likely N-dealkylation sites (N-methyl/N-ethyl adjacent to an activating group) is 2. The summed E-state index contributed by atoms with van der Waals surface area (Å²) >= 11 is 1.71. The summed E-state index contributed by atoms with van der Waals surface area (Å²) in [5, 5.41) is 5.31. The summed E-state index contributed by atoms with van der Waals surface area (Å²) in [6.45, 7) is 4.20. The Hall–Kier alpha value is -2.71. The number of hydrogen-bond acceptors (Lipinski definition) is 6. The molecule has 3 aromatic rings. The largest absolute Gasteiger partial charge is 0.483 e. The van der Waals surface area contributed by atoms with Crippen LogP contribution >= 0.6 is 11.3 Å². The summed E-state index contributed by atoms with van der Waals surface area (Å²) in [6, 6.07) is 21.0. The Bertz CT molecular complexity index is 1210. The quantitative estimate of drug-likeness (QED) is 0.424. The Morgan fingerprint density at radius 3 is 2.61 bits per heavy atom. The maximum atomic E-state index is 13.5. The molecule has 1 N–H and O–H groups in total. The smallest absolute Gasteiger partial charge is 0.241 e. The van der Waals surface area contributed by atoms with Crippen molar-refractivity contribution in [2.24, 2.45) is 0 Å². The van der Waals surface area contributed by atoms with Gasteiger partial charge in [0, 0.05) is 43.5 Å². The zero-order valence-corrected chi connectivity index (χ0v) is 23.7. The lowest BCUT2D eigenvalue weighted by Gasteiger charge is -2.51. The first kappa shape index (κ1) is 26.9. The van der Waals surface area contributed by atoms with Gasteiger partial charge in [-0.15, -0.1) is 11.3 Å². The van der Waals surface area contributed by atoms with Crippen LogP contribution < -0.4 is 15.0 Å². The molecule has 1 fully saturated rings. The second-order valence-corrected chi connectivity index (χ2v) is 11.6. The lowest BCUT2D eigenvalue weighted by Crippen LogP contribution is -2.55. The Balaban J connectivity index is 1.25. The van der Waals surface area contributed by atoms with Gasteiger partial charge in [-0.2, -0.15) is 0 Å². The Kier molecular flexibility index (Phi) is 8.48. The molecule has 1 amide bonds. The second kappa shape index (κ2) is 12.0. The second-order valence-electron chi connectivity index (χ2n) is 10.6. The number of para-hydroxylation sites is 2. The molecule has 5 rings (SSSR count). The van der Waals surface area contributed by atoms with Gasteiger partial charge in [0.2, 0.25) is 5.91 Å². The third-order valence-corrected chi connectivity index (χ3v) is 9.36. The number of benzene rings is 2. The molecule has 2 aromatic carbocycles. The maximum Gasteiger partial charge on any atom is 0.241 e. The fourth-order valence-corrected chi connectivity index (χ4v) is 6.85. The first-order valence-electron chi connectivity index (χ1n) is 13.7. The van der Waals surface area contributed by atoms with E-state index >= 15 is 0 Å². The van der Waals surface area contributed by atoms with Gasteiger partial charge in [-0.3, -0.25) is 14.6 Å². The van der Waals surface area contributed by atoms with Crippen molar-refractivity contribution >= 4 is 22.9 Å². The van der Waals surface area contributed by atoms with Crippen LogP contribution in [0.3, 0.4) is 0 Å².